The molecule has 0 aromatic heterocycles. The van der Waals surface area contributed by atoms with E-state index in [2.05, 4.69) is 10.6 Å². The Morgan fingerprint density at radius 1 is 1.05 bits per heavy atom. The van der Waals surface area contributed by atoms with Crippen LogP contribution in [0.1, 0.15) is 67.1 Å². The standard InChI is InChI=1S/C31H39N3O6/c1-31(2,3)40-30(39)33-25-15-21-11-12-22(14-23(21)16-25)28(37)32-19-26-17-24(18-27(35)36)29(38)34(26)13-7-10-20-8-5-4-6-9-20/h4-6,8-9,11-12,14,24-26H,7,10,13,15-19H2,1-3H3,(H,32,37)(H,33,39)(H,35,36)/t24-,25?,26-/m0/s1. The number of fused-ring (bicyclic) bond motifs is 1. The Bertz CT molecular complexity index is 1240. The third-order valence-corrected chi connectivity index (χ3v) is 7.38. The molecule has 3 amide bonds. The van der Waals surface area contributed by atoms with Gasteiger partial charge in [0.05, 0.1) is 12.3 Å². The predicted molar refractivity (Wildman–Crippen MR) is 150 cm³/mol. The number of amides is 3. The van der Waals surface area contributed by atoms with Crippen molar-refractivity contribution in [3.8, 4) is 0 Å². The summed E-state index contributed by atoms with van der Waals surface area (Å²) < 4.78 is 5.36. The van der Waals surface area contributed by atoms with Crippen molar-refractivity contribution in [3.63, 3.8) is 0 Å². The molecular formula is C31H39N3O6. The van der Waals surface area contributed by atoms with Crippen molar-refractivity contribution < 1.29 is 29.0 Å². The van der Waals surface area contributed by atoms with Crippen molar-refractivity contribution in [2.75, 3.05) is 13.1 Å². The van der Waals surface area contributed by atoms with Gasteiger partial charge in [-0.3, -0.25) is 14.4 Å². The normalized spacial score (nSPS) is 20.2. The number of aliphatic carboxylic acids is 1. The van der Waals surface area contributed by atoms with Crippen LogP contribution in [0.4, 0.5) is 4.79 Å². The van der Waals surface area contributed by atoms with E-state index in [9.17, 15) is 24.3 Å². The Hall–Kier alpha value is -3.88. The van der Waals surface area contributed by atoms with Gasteiger partial charge in [-0.1, -0.05) is 36.4 Å². The molecule has 3 atom stereocenters. The molecule has 0 radical (unpaired) electrons. The molecule has 2 aromatic rings. The number of alkyl carbamates (subject to hydrolysis) is 1. The van der Waals surface area contributed by atoms with Crippen LogP contribution in [0.15, 0.2) is 48.5 Å². The van der Waals surface area contributed by atoms with Gasteiger partial charge in [-0.05, 0) is 81.7 Å². The van der Waals surface area contributed by atoms with E-state index < -0.39 is 23.6 Å². The Labute approximate surface area is 235 Å². The lowest BCUT2D eigenvalue weighted by Gasteiger charge is -2.25. The molecule has 2 aromatic carbocycles. The number of nitrogens with one attached hydrogen (secondary N) is 2. The van der Waals surface area contributed by atoms with Crippen LogP contribution in [0.5, 0.6) is 0 Å². The highest BCUT2D eigenvalue weighted by Gasteiger charge is 2.40. The van der Waals surface area contributed by atoms with Gasteiger partial charge < -0.3 is 25.4 Å². The number of ether oxygens (including phenoxy) is 1. The third kappa shape index (κ3) is 7.83. The quantitative estimate of drug-likeness (QED) is 0.415. The minimum atomic E-state index is -0.995. The smallest absolute Gasteiger partial charge is 0.407 e. The monoisotopic (exact) mass is 549 g/mol. The van der Waals surface area contributed by atoms with Crippen molar-refractivity contribution >= 4 is 23.9 Å². The first-order valence-corrected chi connectivity index (χ1v) is 13.9. The Morgan fingerprint density at radius 2 is 1.77 bits per heavy atom. The van der Waals surface area contributed by atoms with Crippen LogP contribution in [0, 0.1) is 5.92 Å². The van der Waals surface area contributed by atoms with Crippen molar-refractivity contribution in [1.29, 1.82) is 0 Å². The molecule has 9 nitrogen and oxygen atoms in total. The van der Waals surface area contributed by atoms with Gasteiger partial charge in [-0.2, -0.15) is 0 Å². The molecule has 2 aliphatic rings. The minimum Gasteiger partial charge on any atom is -0.481 e. The Balaban J connectivity index is 1.33. The van der Waals surface area contributed by atoms with Gasteiger partial charge in [0.25, 0.3) is 5.91 Å². The molecule has 1 aliphatic heterocycles. The molecule has 0 bridgehead atoms. The second kappa shape index (κ2) is 12.5. The summed E-state index contributed by atoms with van der Waals surface area (Å²) in [5.41, 5.74) is 3.21. The SMILES string of the molecule is CC(C)(C)OC(=O)NC1Cc2ccc(C(=O)NC[C@@H]3C[C@@H](CC(=O)O)C(=O)N3CCCc3ccccc3)cc2C1. The van der Waals surface area contributed by atoms with Crippen LogP contribution in [0.25, 0.3) is 0 Å². The van der Waals surface area contributed by atoms with Gasteiger partial charge in [0.2, 0.25) is 5.91 Å². The number of carbonyl (C=O) groups is 4. The van der Waals surface area contributed by atoms with Gasteiger partial charge in [0.15, 0.2) is 0 Å². The molecule has 0 spiro atoms. The fourth-order valence-corrected chi connectivity index (χ4v) is 5.59. The highest BCUT2D eigenvalue weighted by atomic mass is 16.6. The van der Waals surface area contributed by atoms with Gasteiger partial charge >= 0.3 is 12.1 Å². The number of nitrogens with zero attached hydrogens (tertiary/aromatic N) is 1. The molecule has 0 saturated carbocycles. The zero-order valence-electron chi connectivity index (χ0n) is 23.4. The molecule has 1 heterocycles. The van der Waals surface area contributed by atoms with Crippen molar-refractivity contribution in [2.45, 2.75) is 77.0 Å². The number of carboxylic acids is 1. The number of benzene rings is 2. The summed E-state index contributed by atoms with van der Waals surface area (Å²) in [7, 11) is 0. The number of likely N-dealkylation sites (tertiary alicyclic amines) is 1. The first-order chi connectivity index (χ1) is 19.0. The number of rotatable bonds is 10. The Kier molecular flexibility index (Phi) is 9.12. The molecule has 3 N–H and O–H groups in total. The second-order valence-electron chi connectivity index (χ2n) is 11.8. The van der Waals surface area contributed by atoms with Crippen LogP contribution >= 0.6 is 0 Å². The molecule has 214 valence electrons. The fraction of sp³-hybridized carbons (Fsp3) is 0.484. The highest BCUT2D eigenvalue weighted by Crippen LogP contribution is 2.28. The number of carboxylic acid groups (broad SMARTS) is 1. The first-order valence-electron chi connectivity index (χ1n) is 13.9. The van der Waals surface area contributed by atoms with Crippen LogP contribution in [-0.2, 0) is 33.6 Å². The number of carbonyl (C=O) groups excluding carboxylic acids is 3. The van der Waals surface area contributed by atoms with Crippen LogP contribution in [0.3, 0.4) is 0 Å². The summed E-state index contributed by atoms with van der Waals surface area (Å²) in [6, 6.07) is 15.2. The fourth-order valence-electron chi connectivity index (χ4n) is 5.59. The van der Waals surface area contributed by atoms with Crippen LogP contribution in [0.2, 0.25) is 0 Å². The molecule has 1 aliphatic carbocycles. The molecule has 9 heteroatoms. The number of aryl methyl sites for hydroxylation is 1. The second-order valence-corrected chi connectivity index (χ2v) is 11.8. The lowest BCUT2D eigenvalue weighted by Crippen LogP contribution is -2.42. The number of hydrogen-bond donors (Lipinski definition) is 3. The third-order valence-electron chi connectivity index (χ3n) is 7.38. The maximum Gasteiger partial charge on any atom is 0.407 e. The van der Waals surface area contributed by atoms with E-state index >= 15 is 0 Å². The first kappa shape index (κ1) is 29.1. The zero-order chi connectivity index (χ0) is 28.9. The molecular weight excluding hydrogens is 510 g/mol. The van der Waals surface area contributed by atoms with Crippen molar-refractivity contribution in [3.05, 3.63) is 70.8 Å². The molecule has 1 saturated heterocycles. The van der Waals surface area contributed by atoms with E-state index in [0.29, 0.717) is 31.4 Å². The van der Waals surface area contributed by atoms with Crippen LogP contribution in [-0.4, -0.2) is 64.7 Å². The highest BCUT2D eigenvalue weighted by molar-refractivity contribution is 5.94. The van der Waals surface area contributed by atoms with E-state index in [4.69, 9.17) is 4.74 Å². The minimum absolute atomic E-state index is 0.0942. The summed E-state index contributed by atoms with van der Waals surface area (Å²) in [6.07, 6.45) is 2.59. The summed E-state index contributed by atoms with van der Waals surface area (Å²) >= 11 is 0. The van der Waals surface area contributed by atoms with Crippen LogP contribution < -0.4 is 10.6 Å². The van der Waals surface area contributed by atoms with E-state index in [1.807, 2.05) is 63.2 Å². The predicted octanol–water partition coefficient (Wildman–Crippen LogP) is 3.73. The molecule has 4 rings (SSSR count). The Morgan fingerprint density at radius 3 is 2.48 bits per heavy atom. The average molecular weight is 550 g/mol. The largest absolute Gasteiger partial charge is 0.481 e. The van der Waals surface area contributed by atoms with E-state index in [0.717, 1.165) is 24.0 Å². The summed E-state index contributed by atoms with van der Waals surface area (Å²) in [4.78, 5) is 51.3. The average Bonchev–Trinajstić information content (AvgIpc) is 3.41. The van der Waals surface area contributed by atoms with Crippen molar-refractivity contribution in [1.82, 2.24) is 15.5 Å². The van der Waals surface area contributed by atoms with E-state index in [1.54, 1.807) is 11.0 Å². The molecule has 1 unspecified atom stereocenters. The van der Waals surface area contributed by atoms with E-state index in [-0.39, 0.29) is 36.9 Å². The summed E-state index contributed by atoms with van der Waals surface area (Å²) in [6.45, 7) is 6.22. The number of hydrogen-bond acceptors (Lipinski definition) is 5. The topological polar surface area (TPSA) is 125 Å². The lowest BCUT2D eigenvalue weighted by atomic mass is 10.0. The maximum atomic E-state index is 13.1. The molecule has 1 fully saturated rings. The maximum absolute atomic E-state index is 13.1. The van der Waals surface area contributed by atoms with Gasteiger partial charge in [0, 0.05) is 30.7 Å². The zero-order valence-corrected chi connectivity index (χ0v) is 23.4. The summed E-state index contributed by atoms with van der Waals surface area (Å²) in [5, 5.41) is 15.1. The molecule has 40 heavy (non-hydrogen) atoms. The van der Waals surface area contributed by atoms with Crippen molar-refractivity contribution in [2.24, 2.45) is 5.92 Å². The lowest BCUT2D eigenvalue weighted by molar-refractivity contribution is -0.142. The van der Waals surface area contributed by atoms with Gasteiger partial charge in [0.1, 0.15) is 5.60 Å². The summed E-state index contributed by atoms with van der Waals surface area (Å²) in [5.74, 6) is -1.98. The van der Waals surface area contributed by atoms with Gasteiger partial charge in [-0.15, -0.1) is 0 Å². The van der Waals surface area contributed by atoms with E-state index in [1.165, 1.54) is 5.56 Å². The van der Waals surface area contributed by atoms with Gasteiger partial charge in [-0.25, -0.2) is 4.79 Å².